The lowest BCUT2D eigenvalue weighted by atomic mass is 9.94. The molecule has 2 aliphatic carbocycles. The molecule has 11 heteroatoms. The molecule has 0 radical (unpaired) electrons. The largest absolute Gasteiger partial charge is 0.470 e. The van der Waals surface area contributed by atoms with Crippen LogP contribution in [0.2, 0.25) is 0 Å². The number of carbonyl (C=O) groups is 1. The van der Waals surface area contributed by atoms with Gasteiger partial charge >= 0.3 is 0 Å². The van der Waals surface area contributed by atoms with Gasteiger partial charge in [0.2, 0.25) is 10.0 Å². The van der Waals surface area contributed by atoms with E-state index in [9.17, 15) is 17.6 Å². The molecule has 1 amide bonds. The summed E-state index contributed by atoms with van der Waals surface area (Å²) in [4.78, 5) is 18.3. The molecule has 4 heterocycles. The first-order valence-electron chi connectivity index (χ1n) is 14.5. The highest BCUT2D eigenvalue weighted by molar-refractivity contribution is 7.92. The molecular formula is C32H29FN4O5S. The highest BCUT2D eigenvalue weighted by Crippen LogP contribution is 2.66. The maximum absolute atomic E-state index is 14.7. The van der Waals surface area contributed by atoms with E-state index in [2.05, 4.69) is 10.0 Å². The summed E-state index contributed by atoms with van der Waals surface area (Å²) in [6.07, 6.45) is 4.15. The zero-order valence-corrected chi connectivity index (χ0v) is 24.5. The van der Waals surface area contributed by atoms with Crippen molar-refractivity contribution in [3.05, 3.63) is 65.7 Å². The lowest BCUT2D eigenvalue weighted by molar-refractivity contribution is 0.0961. The number of rotatable bonds is 6. The van der Waals surface area contributed by atoms with Gasteiger partial charge in [-0.1, -0.05) is 12.5 Å². The Kier molecular flexibility index (Phi) is 5.53. The van der Waals surface area contributed by atoms with Crippen molar-refractivity contribution in [2.45, 2.75) is 44.8 Å². The van der Waals surface area contributed by atoms with Crippen LogP contribution in [-0.4, -0.2) is 36.7 Å². The highest BCUT2D eigenvalue weighted by Gasteiger charge is 2.61. The van der Waals surface area contributed by atoms with Gasteiger partial charge in [0, 0.05) is 34.9 Å². The third-order valence-corrected chi connectivity index (χ3v) is 10.7. The van der Waals surface area contributed by atoms with Crippen molar-refractivity contribution in [1.82, 2.24) is 14.9 Å². The van der Waals surface area contributed by atoms with Gasteiger partial charge in [0.25, 0.3) is 5.91 Å². The van der Waals surface area contributed by atoms with Crippen LogP contribution in [-0.2, 0) is 22.2 Å². The number of fused-ring (bicyclic) bond motifs is 7. The van der Waals surface area contributed by atoms with E-state index in [1.807, 2.05) is 10.6 Å². The summed E-state index contributed by atoms with van der Waals surface area (Å²) in [5.74, 6) is 1.01. The first-order valence-corrected chi connectivity index (χ1v) is 16.1. The molecule has 2 atom stereocenters. The number of anilines is 1. The van der Waals surface area contributed by atoms with Crippen LogP contribution in [0.5, 0.6) is 5.75 Å². The second kappa shape index (κ2) is 9.06. The standard InChI is InChI=1S/C32H29FN4O5S/c1-3-43(39,40)36-23-14-27-20(28(31(38)34-2)30(42-27)32-11-5-6-17(32)15-32)12-19(23)22-9-10-26-29(35-22)25-13-18-21(33)7-4-8-24(18)37(25)16-41-26/h4,7-10,12-14,17,36H,3,5-6,11,15-16H2,1-2H3,(H,34,38). The number of carbonyl (C=O) groups excluding carboxylic acids is 1. The molecule has 3 aromatic heterocycles. The van der Waals surface area contributed by atoms with Gasteiger partial charge in [-0.15, -0.1) is 0 Å². The zero-order valence-electron chi connectivity index (χ0n) is 23.7. The van der Waals surface area contributed by atoms with Gasteiger partial charge < -0.3 is 19.0 Å². The molecule has 1 aliphatic heterocycles. The molecule has 2 fully saturated rings. The Morgan fingerprint density at radius 2 is 2.05 bits per heavy atom. The predicted molar refractivity (Wildman–Crippen MR) is 161 cm³/mol. The van der Waals surface area contributed by atoms with E-state index in [0.29, 0.717) is 73.2 Å². The molecule has 2 N–H and O–H groups in total. The van der Waals surface area contributed by atoms with Crippen LogP contribution in [0.25, 0.3) is 44.5 Å². The Hall–Kier alpha value is -4.38. The zero-order chi connectivity index (χ0) is 29.7. The molecule has 0 bridgehead atoms. The summed E-state index contributed by atoms with van der Waals surface area (Å²) >= 11 is 0. The van der Waals surface area contributed by atoms with Crippen molar-refractivity contribution in [3.8, 4) is 28.4 Å². The van der Waals surface area contributed by atoms with Gasteiger partial charge in [0.05, 0.1) is 33.9 Å². The van der Waals surface area contributed by atoms with E-state index < -0.39 is 10.0 Å². The van der Waals surface area contributed by atoms with Crippen molar-refractivity contribution in [2.75, 3.05) is 17.5 Å². The minimum atomic E-state index is -3.67. The number of nitrogens with zero attached hydrogens (tertiary/aromatic N) is 2. The number of hydrogen-bond acceptors (Lipinski definition) is 6. The number of pyridine rings is 1. The Balaban J connectivity index is 1.35. The number of sulfonamides is 1. The highest BCUT2D eigenvalue weighted by atomic mass is 32.2. The van der Waals surface area contributed by atoms with Crippen LogP contribution in [0.1, 0.15) is 48.7 Å². The summed E-state index contributed by atoms with van der Waals surface area (Å²) in [6.45, 7) is 1.77. The predicted octanol–water partition coefficient (Wildman–Crippen LogP) is 6.17. The molecule has 2 unspecified atom stereocenters. The lowest BCUT2D eigenvalue weighted by Gasteiger charge is -2.21. The number of amides is 1. The summed E-state index contributed by atoms with van der Waals surface area (Å²) < 4.78 is 57.3. The fourth-order valence-corrected chi connectivity index (χ4v) is 7.76. The van der Waals surface area contributed by atoms with Gasteiger partial charge in [0.1, 0.15) is 28.6 Å². The molecule has 43 heavy (non-hydrogen) atoms. The summed E-state index contributed by atoms with van der Waals surface area (Å²) in [5.41, 5.74) is 3.92. The Labute approximate surface area is 247 Å². The van der Waals surface area contributed by atoms with Crippen molar-refractivity contribution in [1.29, 1.82) is 0 Å². The maximum Gasteiger partial charge on any atom is 0.255 e. The molecule has 3 aliphatic rings. The monoisotopic (exact) mass is 600 g/mol. The number of hydrogen-bond donors (Lipinski definition) is 2. The van der Waals surface area contributed by atoms with E-state index >= 15 is 0 Å². The van der Waals surface area contributed by atoms with Crippen LogP contribution >= 0.6 is 0 Å². The fraction of sp³-hybridized carbons (Fsp3) is 0.312. The number of nitrogens with one attached hydrogen (secondary N) is 2. The molecule has 220 valence electrons. The Bertz CT molecular complexity index is 2120. The molecule has 0 spiro atoms. The third-order valence-electron chi connectivity index (χ3n) is 9.41. The molecular weight excluding hydrogens is 571 g/mol. The van der Waals surface area contributed by atoms with Crippen LogP contribution in [0.15, 0.2) is 52.9 Å². The van der Waals surface area contributed by atoms with E-state index in [4.69, 9.17) is 14.1 Å². The van der Waals surface area contributed by atoms with Crippen LogP contribution in [0, 0.1) is 11.7 Å². The van der Waals surface area contributed by atoms with Crippen LogP contribution in [0.4, 0.5) is 10.1 Å². The number of furan rings is 1. The fourth-order valence-electron chi connectivity index (χ4n) is 7.11. The number of ether oxygens (including phenoxy) is 1. The number of benzene rings is 2. The van der Waals surface area contributed by atoms with Crippen molar-refractivity contribution in [2.24, 2.45) is 5.92 Å². The van der Waals surface area contributed by atoms with Crippen LogP contribution in [0.3, 0.4) is 0 Å². The second-order valence-corrected chi connectivity index (χ2v) is 13.7. The molecule has 5 aromatic rings. The first kappa shape index (κ1) is 26.3. The lowest BCUT2D eigenvalue weighted by Crippen LogP contribution is -2.21. The first-order chi connectivity index (χ1) is 20.7. The minimum Gasteiger partial charge on any atom is -0.470 e. The molecule has 0 saturated heterocycles. The van der Waals surface area contributed by atoms with E-state index in [1.165, 1.54) is 6.07 Å². The van der Waals surface area contributed by atoms with Crippen LogP contribution < -0.4 is 14.8 Å². The van der Waals surface area contributed by atoms with Gasteiger partial charge in [-0.25, -0.2) is 17.8 Å². The average Bonchev–Trinajstić information content (AvgIpc) is 3.31. The number of halogens is 1. The minimum absolute atomic E-state index is 0.126. The van der Waals surface area contributed by atoms with Crippen molar-refractivity contribution < 1.29 is 26.8 Å². The third kappa shape index (κ3) is 3.83. The summed E-state index contributed by atoms with van der Waals surface area (Å²) in [5, 5.41) is 3.84. The summed E-state index contributed by atoms with van der Waals surface area (Å²) in [7, 11) is -2.08. The Morgan fingerprint density at radius 3 is 2.79 bits per heavy atom. The van der Waals surface area contributed by atoms with Crippen molar-refractivity contribution >= 4 is 43.5 Å². The normalized spacial score (nSPS) is 20.4. The van der Waals surface area contributed by atoms with Crippen molar-refractivity contribution in [3.63, 3.8) is 0 Å². The van der Waals surface area contributed by atoms with Gasteiger partial charge in [-0.3, -0.25) is 9.52 Å². The van der Waals surface area contributed by atoms with Gasteiger partial charge in [0.15, 0.2) is 6.73 Å². The molecule has 8 rings (SSSR count). The maximum atomic E-state index is 14.7. The summed E-state index contributed by atoms with van der Waals surface area (Å²) in [6, 6.07) is 13.6. The van der Waals surface area contributed by atoms with E-state index in [0.717, 1.165) is 25.7 Å². The Morgan fingerprint density at radius 1 is 1.19 bits per heavy atom. The van der Waals surface area contributed by atoms with Gasteiger partial charge in [-0.2, -0.15) is 0 Å². The number of aromatic nitrogens is 2. The van der Waals surface area contributed by atoms with E-state index in [1.54, 1.807) is 50.4 Å². The SMILES string of the molecule is CCS(=O)(=O)Nc1cc2oc(C34CCCC3C4)c(C(=O)NC)c2cc1-c1ccc2c(n1)-c1cc3c(F)cccc3n1CO2. The quantitative estimate of drug-likeness (QED) is 0.241. The second-order valence-electron chi connectivity index (χ2n) is 11.7. The van der Waals surface area contributed by atoms with Gasteiger partial charge in [-0.05, 0) is 68.5 Å². The molecule has 9 nitrogen and oxygen atoms in total. The molecule has 2 saturated carbocycles. The van der Waals surface area contributed by atoms with E-state index in [-0.39, 0.29) is 29.6 Å². The average molecular weight is 601 g/mol. The smallest absolute Gasteiger partial charge is 0.255 e. The topological polar surface area (TPSA) is 115 Å². The molecule has 2 aromatic carbocycles.